The van der Waals surface area contributed by atoms with E-state index >= 15 is 0 Å². The molecule has 0 saturated heterocycles. The molecule has 0 spiro atoms. The van der Waals surface area contributed by atoms with Crippen molar-refractivity contribution in [2.24, 2.45) is 0 Å². The maximum atomic E-state index is 14.5. The minimum Gasteiger partial charge on any atom is -0.309 e. The third-order valence-corrected chi connectivity index (χ3v) is 13.5. The van der Waals surface area contributed by atoms with Gasteiger partial charge in [-0.2, -0.15) is 52.7 Å². The van der Waals surface area contributed by atoms with E-state index in [9.17, 15) is 52.7 Å². The Morgan fingerprint density at radius 3 is 0.974 bits per heavy atom. The highest BCUT2D eigenvalue weighted by Gasteiger charge is 2.36. The molecule has 0 N–H and O–H groups in total. The molecule has 8 aromatic carbocycles. The molecule has 0 radical (unpaired) electrons. The Hall–Kier alpha value is -9.32. The molecule has 0 bridgehead atoms. The van der Waals surface area contributed by atoms with Gasteiger partial charge in [-0.3, -0.25) is 4.98 Å². The van der Waals surface area contributed by atoms with Crippen molar-refractivity contribution < 1.29 is 52.7 Å². The van der Waals surface area contributed by atoms with Crippen LogP contribution in [-0.2, 0) is 24.7 Å². The van der Waals surface area contributed by atoms with Gasteiger partial charge in [0.1, 0.15) is 0 Å². The van der Waals surface area contributed by atoms with Crippen LogP contribution in [0.3, 0.4) is 0 Å². The van der Waals surface area contributed by atoms with E-state index in [-0.39, 0.29) is 83.6 Å². The monoisotopic (exact) mass is 1060 g/mol. The van der Waals surface area contributed by atoms with Crippen LogP contribution in [0.2, 0.25) is 0 Å². The normalized spacial score (nSPS) is 12.6. The SMILES string of the molecule is FC(F)(F)c1ccc2c(c1)c1cc(C(F)(F)F)ccc1n2-c1cc(-c2ccccn2)ccc1-c1ccc(-c2nc(-c3ccccc3)nc(-c3ccccc3)n2)cc1-n1c2ccc(C(F)(F)F)cc2c2cc(C(F)(F)F)ccc21. The molecule has 0 fully saturated rings. The predicted molar refractivity (Wildman–Crippen MR) is 273 cm³/mol. The molecule has 0 amide bonds. The van der Waals surface area contributed by atoms with Gasteiger partial charge in [-0.1, -0.05) is 91.0 Å². The molecule has 386 valence electrons. The highest BCUT2D eigenvalue weighted by atomic mass is 19.4. The second-order valence-corrected chi connectivity index (χ2v) is 18.3. The van der Waals surface area contributed by atoms with Crippen molar-refractivity contribution in [1.29, 1.82) is 0 Å². The number of fused-ring (bicyclic) bond motifs is 6. The quantitative estimate of drug-likeness (QED) is 0.149. The molecule has 12 aromatic rings. The van der Waals surface area contributed by atoms with Crippen LogP contribution in [0.25, 0.3) is 112 Å². The van der Waals surface area contributed by atoms with Crippen LogP contribution in [0.1, 0.15) is 22.3 Å². The van der Waals surface area contributed by atoms with Crippen LogP contribution in [0.5, 0.6) is 0 Å². The molecular formula is C60H32F12N6. The summed E-state index contributed by atoms with van der Waals surface area (Å²) < 4.78 is 177. The molecule has 0 aliphatic rings. The molecule has 0 saturated carbocycles. The minimum atomic E-state index is -4.91. The lowest BCUT2D eigenvalue weighted by Gasteiger charge is -2.21. The fourth-order valence-corrected chi connectivity index (χ4v) is 9.93. The van der Waals surface area contributed by atoms with Gasteiger partial charge >= 0.3 is 24.7 Å². The van der Waals surface area contributed by atoms with E-state index < -0.39 is 47.0 Å². The number of halogens is 12. The molecule has 6 nitrogen and oxygen atoms in total. The first kappa shape index (κ1) is 49.6. The average Bonchev–Trinajstić information content (AvgIpc) is 4.18. The Morgan fingerprint density at radius 1 is 0.295 bits per heavy atom. The lowest BCUT2D eigenvalue weighted by Crippen LogP contribution is -2.06. The van der Waals surface area contributed by atoms with Crippen molar-refractivity contribution in [3.05, 3.63) is 217 Å². The first-order valence-corrected chi connectivity index (χ1v) is 23.7. The number of rotatable bonds is 7. The Kier molecular flexibility index (Phi) is 11.5. The Labute approximate surface area is 433 Å². The maximum Gasteiger partial charge on any atom is 0.416 e. The van der Waals surface area contributed by atoms with Gasteiger partial charge in [-0.15, -0.1) is 0 Å². The third kappa shape index (κ3) is 8.81. The van der Waals surface area contributed by atoms with E-state index in [1.54, 1.807) is 103 Å². The summed E-state index contributed by atoms with van der Waals surface area (Å²) in [7, 11) is 0. The smallest absolute Gasteiger partial charge is 0.309 e. The number of hydrogen-bond donors (Lipinski definition) is 0. The lowest BCUT2D eigenvalue weighted by atomic mass is 9.96. The third-order valence-electron chi connectivity index (χ3n) is 13.5. The van der Waals surface area contributed by atoms with Gasteiger partial charge in [0, 0.05) is 61.1 Å². The van der Waals surface area contributed by atoms with E-state index in [4.69, 9.17) is 15.0 Å². The van der Waals surface area contributed by atoms with E-state index in [1.165, 1.54) is 15.3 Å². The standard InChI is InChI=1S/C60H32F12N6/c61-57(62,63)37-16-22-48-43(29-37)44-30-38(58(64,65)66)17-23-49(44)77(48)52-27-35(47-13-7-8-26-73-47)14-20-41(52)42-21-15-36(56-75-54(33-9-3-1-4-10-33)74-55(76-56)34-11-5-2-6-12-34)28-53(42)78-50-24-18-39(59(67,68)69)31-45(50)46-32-40(60(70,71)72)19-25-51(46)78/h1-32H. The van der Waals surface area contributed by atoms with Gasteiger partial charge in [-0.25, -0.2) is 15.0 Å². The highest BCUT2D eigenvalue weighted by molar-refractivity contribution is 6.12. The Balaban J connectivity index is 1.21. The first-order chi connectivity index (χ1) is 37.2. The van der Waals surface area contributed by atoms with E-state index in [2.05, 4.69) is 4.98 Å². The second kappa shape index (κ2) is 18.2. The number of hydrogen-bond acceptors (Lipinski definition) is 4. The zero-order valence-electron chi connectivity index (χ0n) is 39.7. The van der Waals surface area contributed by atoms with E-state index in [0.717, 1.165) is 72.8 Å². The van der Waals surface area contributed by atoms with Crippen molar-refractivity contribution in [1.82, 2.24) is 29.1 Å². The van der Waals surface area contributed by atoms with Crippen LogP contribution in [0.15, 0.2) is 194 Å². The van der Waals surface area contributed by atoms with Gasteiger partial charge in [0.15, 0.2) is 17.5 Å². The van der Waals surface area contributed by atoms with Crippen molar-refractivity contribution in [2.45, 2.75) is 24.7 Å². The molecule has 12 rings (SSSR count). The Morgan fingerprint density at radius 2 is 0.628 bits per heavy atom. The average molecular weight is 1060 g/mol. The van der Waals surface area contributed by atoms with Crippen LogP contribution in [0, 0.1) is 0 Å². The van der Waals surface area contributed by atoms with Crippen molar-refractivity contribution in [2.75, 3.05) is 0 Å². The van der Waals surface area contributed by atoms with Crippen LogP contribution < -0.4 is 0 Å². The second-order valence-electron chi connectivity index (χ2n) is 18.3. The van der Waals surface area contributed by atoms with Crippen molar-refractivity contribution >= 4 is 43.6 Å². The molecule has 0 aliphatic heterocycles. The zero-order valence-corrected chi connectivity index (χ0v) is 39.7. The van der Waals surface area contributed by atoms with Crippen molar-refractivity contribution in [3.8, 4) is 67.9 Å². The van der Waals surface area contributed by atoms with Gasteiger partial charge < -0.3 is 9.13 Å². The zero-order chi connectivity index (χ0) is 54.5. The summed E-state index contributed by atoms with van der Waals surface area (Å²) in [5, 5.41) is -0.710. The summed E-state index contributed by atoms with van der Waals surface area (Å²) in [5.41, 5.74) is -0.955. The summed E-state index contributed by atoms with van der Waals surface area (Å²) in [6, 6.07) is 44.0. The molecule has 18 heteroatoms. The maximum absolute atomic E-state index is 14.5. The number of nitrogens with zero attached hydrogens (tertiary/aromatic N) is 6. The molecule has 78 heavy (non-hydrogen) atoms. The highest BCUT2D eigenvalue weighted by Crippen LogP contribution is 2.47. The topological polar surface area (TPSA) is 61.4 Å². The first-order valence-electron chi connectivity index (χ1n) is 23.7. The fourth-order valence-electron chi connectivity index (χ4n) is 9.93. The summed E-state index contributed by atoms with van der Waals surface area (Å²) in [4.78, 5) is 19.1. The minimum absolute atomic E-state index is 0.0456. The molecule has 4 heterocycles. The number of benzene rings is 8. The number of pyridine rings is 1. The summed E-state index contributed by atoms with van der Waals surface area (Å²) in [5.74, 6) is 0.647. The summed E-state index contributed by atoms with van der Waals surface area (Å²) in [6.07, 6.45) is -18.1. The summed E-state index contributed by atoms with van der Waals surface area (Å²) in [6.45, 7) is 0. The van der Waals surface area contributed by atoms with Gasteiger partial charge in [0.05, 0.1) is 61.4 Å². The number of alkyl halides is 12. The molecule has 4 aromatic heterocycles. The molecule has 0 aliphatic carbocycles. The fraction of sp³-hybridized carbons (Fsp3) is 0.0667. The van der Waals surface area contributed by atoms with Crippen molar-refractivity contribution in [3.63, 3.8) is 0 Å². The molecular weight excluding hydrogens is 1030 g/mol. The molecule has 0 unspecified atom stereocenters. The van der Waals surface area contributed by atoms with Gasteiger partial charge in [0.25, 0.3) is 0 Å². The van der Waals surface area contributed by atoms with Gasteiger partial charge in [0.2, 0.25) is 0 Å². The number of aromatic nitrogens is 6. The van der Waals surface area contributed by atoms with E-state index in [0.29, 0.717) is 27.9 Å². The van der Waals surface area contributed by atoms with Crippen LogP contribution in [-0.4, -0.2) is 29.1 Å². The van der Waals surface area contributed by atoms with E-state index in [1.807, 2.05) is 12.1 Å². The predicted octanol–water partition coefficient (Wildman–Crippen LogP) is 17.9. The van der Waals surface area contributed by atoms with Crippen LogP contribution in [0.4, 0.5) is 52.7 Å². The molecule has 0 atom stereocenters. The van der Waals surface area contributed by atoms with Gasteiger partial charge in [-0.05, 0) is 97.1 Å². The summed E-state index contributed by atoms with van der Waals surface area (Å²) >= 11 is 0. The lowest BCUT2D eigenvalue weighted by molar-refractivity contribution is -0.138. The van der Waals surface area contributed by atoms with Crippen LogP contribution >= 0.6 is 0 Å². The largest absolute Gasteiger partial charge is 0.416 e. The Bertz CT molecular complexity index is 4110.